The number of nitrogens with zero attached hydrogens (tertiary/aromatic N) is 2. The summed E-state index contributed by atoms with van der Waals surface area (Å²) in [6.45, 7) is 5.06. The lowest BCUT2D eigenvalue weighted by Crippen LogP contribution is -2.47. The van der Waals surface area contributed by atoms with Gasteiger partial charge in [-0.3, -0.25) is 4.79 Å². The van der Waals surface area contributed by atoms with E-state index < -0.39 is 5.79 Å². The fourth-order valence-electron chi connectivity index (χ4n) is 3.60. The van der Waals surface area contributed by atoms with Gasteiger partial charge in [0, 0.05) is 32.1 Å². The number of piperidine rings is 1. The first-order chi connectivity index (χ1) is 13.7. The van der Waals surface area contributed by atoms with E-state index in [1.807, 2.05) is 42.2 Å². The molecule has 0 saturated carbocycles. The van der Waals surface area contributed by atoms with E-state index in [9.17, 15) is 4.79 Å². The van der Waals surface area contributed by atoms with Crippen LogP contribution in [-0.4, -0.2) is 54.5 Å². The fourth-order valence-corrected chi connectivity index (χ4v) is 3.60. The molecule has 3 heterocycles. The molecule has 2 aliphatic heterocycles. The molecule has 4 rings (SSSR count). The molecular weight excluding hydrogens is 358 g/mol. The highest BCUT2D eigenvalue weighted by molar-refractivity contribution is 5.94. The minimum absolute atomic E-state index is 0.0124. The summed E-state index contributed by atoms with van der Waals surface area (Å²) in [4.78, 5) is 19.0. The number of aromatic nitrogens is 1. The summed E-state index contributed by atoms with van der Waals surface area (Å²) in [5, 5.41) is 3.24. The smallest absolute Gasteiger partial charge is 0.255 e. The molecule has 28 heavy (non-hydrogen) atoms. The molecule has 1 amide bonds. The van der Waals surface area contributed by atoms with Crippen molar-refractivity contribution in [2.24, 2.45) is 0 Å². The summed E-state index contributed by atoms with van der Waals surface area (Å²) in [6.07, 6.45) is 3.03. The molecule has 7 heteroatoms. The van der Waals surface area contributed by atoms with Gasteiger partial charge in [0.05, 0.1) is 31.1 Å². The van der Waals surface area contributed by atoms with Crippen molar-refractivity contribution in [2.45, 2.75) is 25.6 Å². The van der Waals surface area contributed by atoms with Crippen molar-refractivity contribution >= 4 is 17.4 Å². The molecule has 2 fully saturated rings. The van der Waals surface area contributed by atoms with Crippen molar-refractivity contribution in [1.29, 1.82) is 0 Å². The molecule has 2 aliphatic rings. The second-order valence-electron chi connectivity index (χ2n) is 6.89. The Hall–Kier alpha value is -2.64. The normalized spacial score (nSPS) is 18.2. The summed E-state index contributed by atoms with van der Waals surface area (Å²) in [5.74, 6) is 0.942. The third kappa shape index (κ3) is 3.95. The zero-order chi connectivity index (χ0) is 19.4. The largest absolute Gasteiger partial charge is 0.492 e. The average molecular weight is 383 g/mol. The Labute approximate surface area is 164 Å². The number of pyridine rings is 1. The number of benzene rings is 1. The van der Waals surface area contributed by atoms with E-state index in [0.29, 0.717) is 57.1 Å². The van der Waals surface area contributed by atoms with Gasteiger partial charge in [0.25, 0.3) is 5.91 Å². The van der Waals surface area contributed by atoms with Crippen LogP contribution in [0.5, 0.6) is 5.75 Å². The lowest BCUT2D eigenvalue weighted by molar-refractivity contribution is -0.181. The highest BCUT2D eigenvalue weighted by atomic mass is 16.7. The van der Waals surface area contributed by atoms with Crippen LogP contribution in [0.4, 0.5) is 11.5 Å². The van der Waals surface area contributed by atoms with Gasteiger partial charge in [-0.2, -0.15) is 0 Å². The summed E-state index contributed by atoms with van der Waals surface area (Å²) >= 11 is 0. The zero-order valence-electron chi connectivity index (χ0n) is 16.0. The Morgan fingerprint density at radius 1 is 1.18 bits per heavy atom. The molecule has 2 saturated heterocycles. The minimum atomic E-state index is -0.475. The molecule has 0 bridgehead atoms. The van der Waals surface area contributed by atoms with Gasteiger partial charge in [0.1, 0.15) is 11.6 Å². The minimum Gasteiger partial charge on any atom is -0.492 e. The van der Waals surface area contributed by atoms with E-state index >= 15 is 0 Å². The van der Waals surface area contributed by atoms with Crippen LogP contribution < -0.4 is 10.1 Å². The molecule has 0 aliphatic carbocycles. The number of para-hydroxylation sites is 2. The second-order valence-corrected chi connectivity index (χ2v) is 6.89. The Kier molecular flexibility index (Phi) is 5.45. The topological polar surface area (TPSA) is 72.9 Å². The van der Waals surface area contributed by atoms with Crippen LogP contribution in [0.3, 0.4) is 0 Å². The van der Waals surface area contributed by atoms with Crippen LogP contribution in [-0.2, 0) is 9.47 Å². The third-order valence-electron chi connectivity index (χ3n) is 5.09. The Morgan fingerprint density at radius 3 is 2.61 bits per heavy atom. The molecule has 1 aromatic carbocycles. The third-order valence-corrected chi connectivity index (χ3v) is 5.09. The number of nitrogens with one attached hydrogen (secondary N) is 1. The summed E-state index contributed by atoms with van der Waals surface area (Å²) in [5.41, 5.74) is 1.42. The number of likely N-dealkylation sites (tertiary alicyclic amines) is 1. The van der Waals surface area contributed by atoms with E-state index in [-0.39, 0.29) is 5.91 Å². The number of amides is 1. The molecular formula is C21H25N3O4. The maximum Gasteiger partial charge on any atom is 0.255 e. The van der Waals surface area contributed by atoms with E-state index in [0.717, 1.165) is 11.4 Å². The number of carbonyl (C=O) groups excluding carboxylic acids is 1. The molecule has 0 atom stereocenters. The van der Waals surface area contributed by atoms with Crippen LogP contribution in [0.2, 0.25) is 0 Å². The maximum absolute atomic E-state index is 12.8. The quantitative estimate of drug-likeness (QED) is 0.855. The van der Waals surface area contributed by atoms with Gasteiger partial charge >= 0.3 is 0 Å². The van der Waals surface area contributed by atoms with Gasteiger partial charge in [-0.1, -0.05) is 12.1 Å². The standard InChI is InChI=1S/C21H25N3O4/c1-2-26-18-6-4-3-5-17(18)23-19-8-7-16(15-22-19)20(25)24-11-9-21(10-12-24)27-13-14-28-21/h3-8,15H,2,9-14H2,1H3,(H,22,23). The van der Waals surface area contributed by atoms with Gasteiger partial charge in [-0.25, -0.2) is 4.98 Å². The SMILES string of the molecule is CCOc1ccccc1Nc1ccc(C(=O)N2CCC3(CC2)OCCO3)cn1. The van der Waals surface area contributed by atoms with E-state index in [1.54, 1.807) is 12.3 Å². The number of carbonyl (C=O) groups is 1. The van der Waals surface area contributed by atoms with Crippen LogP contribution in [0.25, 0.3) is 0 Å². The average Bonchev–Trinajstić information content (AvgIpc) is 3.18. The first kappa shape index (κ1) is 18.7. The van der Waals surface area contributed by atoms with Crippen molar-refractivity contribution in [3.05, 3.63) is 48.2 Å². The predicted molar refractivity (Wildman–Crippen MR) is 105 cm³/mol. The van der Waals surface area contributed by atoms with Crippen LogP contribution in [0.1, 0.15) is 30.1 Å². The van der Waals surface area contributed by atoms with Crippen LogP contribution in [0, 0.1) is 0 Å². The predicted octanol–water partition coefficient (Wildman–Crippen LogP) is 3.20. The summed E-state index contributed by atoms with van der Waals surface area (Å²) in [6, 6.07) is 11.3. The lowest BCUT2D eigenvalue weighted by atomic mass is 10.0. The second kappa shape index (κ2) is 8.16. The van der Waals surface area contributed by atoms with E-state index in [1.165, 1.54) is 0 Å². The van der Waals surface area contributed by atoms with Crippen molar-refractivity contribution in [1.82, 2.24) is 9.88 Å². The van der Waals surface area contributed by atoms with E-state index in [2.05, 4.69) is 10.3 Å². The van der Waals surface area contributed by atoms with Crippen molar-refractivity contribution in [2.75, 3.05) is 38.2 Å². The number of hydrogen-bond donors (Lipinski definition) is 1. The number of ether oxygens (including phenoxy) is 3. The molecule has 0 radical (unpaired) electrons. The van der Waals surface area contributed by atoms with Gasteiger partial charge in [0.15, 0.2) is 5.79 Å². The van der Waals surface area contributed by atoms with Crippen molar-refractivity contribution in [3.63, 3.8) is 0 Å². The lowest BCUT2D eigenvalue weighted by Gasteiger charge is -2.37. The van der Waals surface area contributed by atoms with Gasteiger partial charge in [-0.15, -0.1) is 0 Å². The Bertz CT molecular complexity index is 809. The van der Waals surface area contributed by atoms with Gasteiger partial charge in [-0.05, 0) is 31.2 Å². The van der Waals surface area contributed by atoms with Crippen LogP contribution >= 0.6 is 0 Å². The van der Waals surface area contributed by atoms with Crippen molar-refractivity contribution in [3.8, 4) is 5.75 Å². The summed E-state index contributed by atoms with van der Waals surface area (Å²) in [7, 11) is 0. The first-order valence-electron chi connectivity index (χ1n) is 9.71. The molecule has 1 spiro atoms. The molecule has 7 nitrogen and oxygen atoms in total. The monoisotopic (exact) mass is 383 g/mol. The molecule has 1 aromatic heterocycles. The maximum atomic E-state index is 12.8. The Morgan fingerprint density at radius 2 is 1.93 bits per heavy atom. The van der Waals surface area contributed by atoms with Crippen molar-refractivity contribution < 1.29 is 19.0 Å². The first-order valence-corrected chi connectivity index (χ1v) is 9.71. The molecule has 0 unspecified atom stereocenters. The number of rotatable bonds is 5. The Balaban J connectivity index is 1.39. The molecule has 2 aromatic rings. The van der Waals surface area contributed by atoms with Gasteiger partial charge < -0.3 is 24.4 Å². The van der Waals surface area contributed by atoms with Crippen LogP contribution in [0.15, 0.2) is 42.6 Å². The highest BCUT2D eigenvalue weighted by Gasteiger charge is 2.40. The fraction of sp³-hybridized carbons (Fsp3) is 0.429. The molecule has 1 N–H and O–H groups in total. The van der Waals surface area contributed by atoms with E-state index in [4.69, 9.17) is 14.2 Å². The highest BCUT2D eigenvalue weighted by Crippen LogP contribution is 2.32. The number of anilines is 2. The molecule has 148 valence electrons. The zero-order valence-corrected chi connectivity index (χ0v) is 16.0. The van der Waals surface area contributed by atoms with Gasteiger partial charge in [0.2, 0.25) is 0 Å². The number of hydrogen-bond acceptors (Lipinski definition) is 6. The summed E-state index contributed by atoms with van der Waals surface area (Å²) < 4.78 is 17.1.